The van der Waals surface area contributed by atoms with Crippen molar-refractivity contribution in [3.8, 4) is 0 Å². The van der Waals surface area contributed by atoms with Gasteiger partial charge < -0.3 is 11.1 Å². The van der Waals surface area contributed by atoms with E-state index in [4.69, 9.17) is 5.73 Å². The van der Waals surface area contributed by atoms with Crippen LogP contribution in [0.3, 0.4) is 0 Å². The molecule has 4 heteroatoms. The highest BCUT2D eigenvalue weighted by atomic mass is 16.2. The molecule has 2 amide bonds. The molecule has 0 radical (unpaired) electrons. The van der Waals surface area contributed by atoms with Crippen molar-refractivity contribution in [1.29, 1.82) is 0 Å². The summed E-state index contributed by atoms with van der Waals surface area (Å²) in [5.74, 6) is -0.967. The molecule has 0 spiro atoms. The number of hydrogen-bond acceptors (Lipinski definition) is 2. The molecule has 0 aromatic rings. The van der Waals surface area contributed by atoms with E-state index in [1.165, 1.54) is 0 Å². The first-order valence-corrected chi connectivity index (χ1v) is 6.02. The molecule has 0 heterocycles. The molecule has 2 atom stereocenters. The maximum Gasteiger partial charge on any atom is 0.224 e. The highest BCUT2D eigenvalue weighted by Gasteiger charge is 2.33. The van der Waals surface area contributed by atoms with E-state index in [9.17, 15) is 9.59 Å². The van der Waals surface area contributed by atoms with E-state index >= 15 is 0 Å². The smallest absolute Gasteiger partial charge is 0.224 e. The van der Waals surface area contributed by atoms with E-state index in [-0.39, 0.29) is 29.6 Å². The zero-order valence-electron chi connectivity index (χ0n) is 10.7. The molecule has 94 valence electrons. The lowest BCUT2D eigenvalue weighted by atomic mass is 9.79. The zero-order valence-corrected chi connectivity index (χ0v) is 10.7. The first-order chi connectivity index (χ1) is 7.45. The lowest BCUT2D eigenvalue weighted by molar-refractivity contribution is -0.135. The Morgan fingerprint density at radius 1 is 1.25 bits per heavy atom. The third-order valence-electron chi connectivity index (χ3n) is 2.77. The molecule has 0 rings (SSSR count). The van der Waals surface area contributed by atoms with E-state index in [1.807, 2.05) is 27.7 Å². The number of nitrogens with one attached hydrogen (secondary N) is 1. The number of hydrogen-bond donors (Lipinski definition) is 2. The maximum absolute atomic E-state index is 11.9. The van der Waals surface area contributed by atoms with Crippen molar-refractivity contribution in [2.45, 2.75) is 40.5 Å². The van der Waals surface area contributed by atoms with Crippen molar-refractivity contribution in [2.75, 3.05) is 6.54 Å². The van der Waals surface area contributed by atoms with Gasteiger partial charge in [-0.1, -0.05) is 27.2 Å². The molecule has 0 saturated heterocycles. The largest absolute Gasteiger partial charge is 0.369 e. The fourth-order valence-corrected chi connectivity index (χ4v) is 2.05. The van der Waals surface area contributed by atoms with Crippen LogP contribution in [0.15, 0.2) is 0 Å². The van der Waals surface area contributed by atoms with Gasteiger partial charge in [-0.2, -0.15) is 0 Å². The molecule has 3 N–H and O–H groups in total. The summed E-state index contributed by atoms with van der Waals surface area (Å²) in [6.45, 7) is 8.34. The molecule has 16 heavy (non-hydrogen) atoms. The molecule has 0 bridgehead atoms. The van der Waals surface area contributed by atoms with Crippen LogP contribution in [-0.4, -0.2) is 18.4 Å². The standard InChI is InChI=1S/C12H24N2O2/c1-5-7-9(11(13)15)10(8(3)4)12(16)14-6-2/h8-10H,5-7H2,1-4H3,(H2,13,15)(H,14,16)/t9-,10?/m0/s1. The molecule has 1 unspecified atom stereocenters. The van der Waals surface area contributed by atoms with Gasteiger partial charge in [0.1, 0.15) is 0 Å². The summed E-state index contributed by atoms with van der Waals surface area (Å²) in [5.41, 5.74) is 5.38. The van der Waals surface area contributed by atoms with E-state index in [0.717, 1.165) is 6.42 Å². The van der Waals surface area contributed by atoms with E-state index < -0.39 is 0 Å². The van der Waals surface area contributed by atoms with Gasteiger partial charge in [-0.05, 0) is 19.3 Å². The Bertz CT molecular complexity index is 239. The Balaban J connectivity index is 4.84. The van der Waals surface area contributed by atoms with Crippen LogP contribution < -0.4 is 11.1 Å². The minimum atomic E-state index is -0.369. The van der Waals surface area contributed by atoms with Gasteiger partial charge in [-0.15, -0.1) is 0 Å². The summed E-state index contributed by atoms with van der Waals surface area (Å²) in [6.07, 6.45) is 1.53. The minimum Gasteiger partial charge on any atom is -0.369 e. The average molecular weight is 228 g/mol. The summed E-state index contributed by atoms with van der Waals surface area (Å²) >= 11 is 0. The molecule has 0 aromatic heterocycles. The van der Waals surface area contributed by atoms with Crippen LogP contribution in [0, 0.1) is 17.8 Å². The highest BCUT2D eigenvalue weighted by Crippen LogP contribution is 2.25. The van der Waals surface area contributed by atoms with Gasteiger partial charge in [0.05, 0.1) is 5.92 Å². The predicted molar refractivity (Wildman–Crippen MR) is 64.6 cm³/mol. The number of carbonyl (C=O) groups is 2. The minimum absolute atomic E-state index is 0.0604. The van der Waals surface area contributed by atoms with Crippen LogP contribution in [0.2, 0.25) is 0 Å². The molecular weight excluding hydrogens is 204 g/mol. The Morgan fingerprint density at radius 2 is 1.81 bits per heavy atom. The van der Waals surface area contributed by atoms with E-state index in [0.29, 0.717) is 13.0 Å². The van der Waals surface area contributed by atoms with Crippen molar-refractivity contribution < 1.29 is 9.59 Å². The van der Waals surface area contributed by atoms with Crippen molar-refractivity contribution in [3.05, 3.63) is 0 Å². The third kappa shape index (κ3) is 4.21. The van der Waals surface area contributed by atoms with Crippen molar-refractivity contribution in [3.63, 3.8) is 0 Å². The molecule has 4 nitrogen and oxygen atoms in total. The number of carbonyl (C=O) groups excluding carboxylic acids is 2. The van der Waals surface area contributed by atoms with Crippen LogP contribution in [0.25, 0.3) is 0 Å². The fraction of sp³-hybridized carbons (Fsp3) is 0.833. The second kappa shape index (κ2) is 7.25. The molecular formula is C12H24N2O2. The van der Waals surface area contributed by atoms with Crippen LogP contribution in [0.4, 0.5) is 0 Å². The SMILES string of the molecule is CCC[C@H](C(N)=O)C(C(=O)NCC)C(C)C. The molecule has 0 fully saturated rings. The number of rotatable bonds is 7. The number of nitrogens with two attached hydrogens (primary N) is 1. The lowest BCUT2D eigenvalue weighted by Gasteiger charge is -2.26. The van der Waals surface area contributed by atoms with E-state index in [2.05, 4.69) is 5.32 Å². The normalized spacial score (nSPS) is 14.6. The Hall–Kier alpha value is -1.06. The first kappa shape index (κ1) is 14.9. The van der Waals surface area contributed by atoms with Gasteiger partial charge in [0.15, 0.2) is 0 Å². The molecule has 0 aromatic carbocycles. The summed E-state index contributed by atoms with van der Waals surface area (Å²) in [5, 5.41) is 2.77. The summed E-state index contributed by atoms with van der Waals surface area (Å²) < 4.78 is 0. The Morgan fingerprint density at radius 3 is 2.12 bits per heavy atom. The van der Waals surface area contributed by atoms with Crippen LogP contribution in [0.5, 0.6) is 0 Å². The van der Waals surface area contributed by atoms with Gasteiger partial charge in [0.2, 0.25) is 11.8 Å². The second-order valence-electron chi connectivity index (χ2n) is 4.46. The zero-order chi connectivity index (χ0) is 12.7. The molecule has 0 saturated carbocycles. The van der Waals surface area contributed by atoms with Crippen LogP contribution in [-0.2, 0) is 9.59 Å². The molecule has 0 aliphatic carbocycles. The molecule has 0 aliphatic rings. The second-order valence-corrected chi connectivity index (χ2v) is 4.46. The molecule has 0 aliphatic heterocycles. The highest BCUT2D eigenvalue weighted by molar-refractivity contribution is 5.87. The van der Waals surface area contributed by atoms with Gasteiger partial charge in [0, 0.05) is 12.5 Å². The van der Waals surface area contributed by atoms with Crippen LogP contribution >= 0.6 is 0 Å². The number of primary amides is 1. The van der Waals surface area contributed by atoms with Gasteiger partial charge in [0.25, 0.3) is 0 Å². The third-order valence-corrected chi connectivity index (χ3v) is 2.77. The monoisotopic (exact) mass is 228 g/mol. The van der Waals surface area contributed by atoms with Crippen LogP contribution in [0.1, 0.15) is 40.5 Å². The number of amides is 2. The average Bonchev–Trinajstić information content (AvgIpc) is 2.16. The van der Waals surface area contributed by atoms with Gasteiger partial charge in [-0.3, -0.25) is 9.59 Å². The van der Waals surface area contributed by atoms with E-state index in [1.54, 1.807) is 0 Å². The van der Waals surface area contributed by atoms with Gasteiger partial charge >= 0.3 is 0 Å². The van der Waals surface area contributed by atoms with Gasteiger partial charge in [-0.25, -0.2) is 0 Å². The topological polar surface area (TPSA) is 72.2 Å². The summed E-state index contributed by atoms with van der Waals surface area (Å²) in [4.78, 5) is 23.3. The lowest BCUT2D eigenvalue weighted by Crippen LogP contribution is -2.42. The summed E-state index contributed by atoms with van der Waals surface area (Å²) in [6, 6.07) is 0. The fourth-order valence-electron chi connectivity index (χ4n) is 2.05. The quantitative estimate of drug-likeness (QED) is 0.689. The van der Waals surface area contributed by atoms with Crippen molar-refractivity contribution >= 4 is 11.8 Å². The Kier molecular flexibility index (Phi) is 6.77. The van der Waals surface area contributed by atoms with Crippen molar-refractivity contribution in [1.82, 2.24) is 5.32 Å². The first-order valence-electron chi connectivity index (χ1n) is 6.02. The summed E-state index contributed by atoms with van der Waals surface area (Å²) in [7, 11) is 0. The maximum atomic E-state index is 11.9. The Labute approximate surface area is 98.0 Å². The van der Waals surface area contributed by atoms with Crippen molar-refractivity contribution in [2.24, 2.45) is 23.5 Å². The predicted octanol–water partition coefficient (Wildman–Crippen LogP) is 1.30.